The molecule has 0 radical (unpaired) electrons. The Labute approximate surface area is 54.7 Å². The molecule has 0 bridgehead atoms. The summed E-state index contributed by atoms with van der Waals surface area (Å²) in [4.78, 5) is 2.79. The zero-order valence-electron chi connectivity index (χ0n) is 6.05. The highest BCUT2D eigenvalue weighted by molar-refractivity contribution is 5.14. The summed E-state index contributed by atoms with van der Waals surface area (Å²) in [5, 5.41) is 3.70. The van der Waals surface area contributed by atoms with E-state index < -0.39 is 0 Å². The number of azide groups is 1. The van der Waals surface area contributed by atoms with Crippen LogP contribution in [0, 0.1) is 5.41 Å². The van der Waals surface area contributed by atoms with Gasteiger partial charge in [-0.05, 0) is 17.4 Å². The van der Waals surface area contributed by atoms with Crippen LogP contribution < -0.4 is 0 Å². The predicted molar refractivity (Wildman–Crippen MR) is 35.9 cm³/mol. The van der Waals surface area contributed by atoms with Gasteiger partial charge < -0.3 is 0 Å². The molecule has 1 unspecified atom stereocenters. The molecule has 1 atom stereocenters. The summed E-state index contributed by atoms with van der Waals surface area (Å²) >= 11 is 0. The number of nitrogens with zero attached hydrogens (tertiary/aromatic N) is 3. The minimum absolute atomic E-state index is 0.0955. The van der Waals surface area contributed by atoms with Gasteiger partial charge in [0.05, 0.1) is 5.54 Å². The third kappa shape index (κ3) is 0.775. The molecule has 50 valence electrons. The molecule has 0 spiro atoms. The molecule has 0 aromatic heterocycles. The van der Waals surface area contributed by atoms with Crippen LogP contribution in [0.2, 0.25) is 0 Å². The van der Waals surface area contributed by atoms with Crippen LogP contribution in [0.5, 0.6) is 0 Å². The van der Waals surface area contributed by atoms with Gasteiger partial charge in [-0.2, -0.15) is 0 Å². The van der Waals surface area contributed by atoms with Gasteiger partial charge >= 0.3 is 0 Å². The second kappa shape index (κ2) is 1.42. The van der Waals surface area contributed by atoms with Gasteiger partial charge in [0.15, 0.2) is 0 Å². The first-order chi connectivity index (χ1) is 4.02. The summed E-state index contributed by atoms with van der Waals surface area (Å²) < 4.78 is 0. The second-order valence-electron chi connectivity index (χ2n) is 3.52. The van der Waals surface area contributed by atoms with Crippen molar-refractivity contribution < 1.29 is 0 Å². The fourth-order valence-electron chi connectivity index (χ4n) is 1.09. The highest BCUT2D eigenvalue weighted by Gasteiger charge is 2.57. The van der Waals surface area contributed by atoms with E-state index in [9.17, 15) is 0 Å². The van der Waals surface area contributed by atoms with Gasteiger partial charge in [0.25, 0.3) is 0 Å². The van der Waals surface area contributed by atoms with E-state index >= 15 is 0 Å². The zero-order valence-corrected chi connectivity index (χ0v) is 6.05. The van der Waals surface area contributed by atoms with Crippen molar-refractivity contribution in [3.8, 4) is 0 Å². The molecule has 0 aromatic rings. The molecule has 1 aliphatic rings. The van der Waals surface area contributed by atoms with E-state index in [1.807, 2.05) is 6.92 Å². The summed E-state index contributed by atoms with van der Waals surface area (Å²) in [6, 6.07) is 0. The van der Waals surface area contributed by atoms with Gasteiger partial charge in [-0.1, -0.05) is 25.9 Å². The molecule has 1 fully saturated rings. The molecule has 1 saturated carbocycles. The van der Waals surface area contributed by atoms with Gasteiger partial charge in [0.2, 0.25) is 0 Å². The summed E-state index contributed by atoms with van der Waals surface area (Å²) in [5.41, 5.74) is 8.27. The lowest BCUT2D eigenvalue weighted by Gasteiger charge is -2.04. The summed E-state index contributed by atoms with van der Waals surface area (Å²) in [5.74, 6) is 0. The maximum atomic E-state index is 8.13. The predicted octanol–water partition coefficient (Wildman–Crippen LogP) is 2.49. The molecule has 0 amide bonds. The molecule has 1 rings (SSSR count). The second-order valence-corrected chi connectivity index (χ2v) is 3.52. The molecule has 3 heteroatoms. The van der Waals surface area contributed by atoms with Crippen molar-refractivity contribution >= 4 is 0 Å². The Morgan fingerprint density at radius 1 is 1.44 bits per heavy atom. The SMILES string of the molecule is CC1(C)CC1(C)N=[N+]=[N-]. The standard InChI is InChI=1S/C6H11N3/c1-5(2)4-6(5,3)8-9-7/h4H2,1-3H3. The van der Waals surface area contributed by atoms with Crippen molar-refractivity contribution in [1.82, 2.24) is 0 Å². The lowest BCUT2D eigenvalue weighted by atomic mass is 10.1. The van der Waals surface area contributed by atoms with Crippen LogP contribution in [-0.2, 0) is 0 Å². The average molecular weight is 125 g/mol. The van der Waals surface area contributed by atoms with Crippen LogP contribution >= 0.6 is 0 Å². The fourth-order valence-corrected chi connectivity index (χ4v) is 1.09. The molecule has 0 saturated heterocycles. The van der Waals surface area contributed by atoms with Gasteiger partial charge in [-0.15, -0.1) is 0 Å². The van der Waals surface area contributed by atoms with Crippen LogP contribution in [0.4, 0.5) is 0 Å². The van der Waals surface area contributed by atoms with Gasteiger partial charge in [0, 0.05) is 4.91 Å². The van der Waals surface area contributed by atoms with Gasteiger partial charge in [-0.25, -0.2) is 0 Å². The minimum atomic E-state index is -0.0955. The third-order valence-electron chi connectivity index (χ3n) is 2.38. The molecule has 9 heavy (non-hydrogen) atoms. The highest BCUT2D eigenvalue weighted by Crippen LogP contribution is 2.58. The lowest BCUT2D eigenvalue weighted by molar-refractivity contribution is 0.523. The Kier molecular flexibility index (Phi) is 1.02. The average Bonchev–Trinajstić information content (AvgIpc) is 2.07. The molecule has 0 heterocycles. The smallest absolute Gasteiger partial charge is 0.0516 e. The number of hydrogen-bond donors (Lipinski definition) is 0. The summed E-state index contributed by atoms with van der Waals surface area (Å²) in [6.45, 7) is 6.22. The largest absolute Gasteiger partial charge is 0.0870 e. The number of hydrogen-bond acceptors (Lipinski definition) is 1. The third-order valence-corrected chi connectivity index (χ3v) is 2.38. The van der Waals surface area contributed by atoms with E-state index in [4.69, 9.17) is 5.53 Å². The van der Waals surface area contributed by atoms with Gasteiger partial charge in [0.1, 0.15) is 0 Å². The van der Waals surface area contributed by atoms with E-state index in [1.165, 1.54) is 0 Å². The maximum Gasteiger partial charge on any atom is 0.0516 e. The molecule has 0 aromatic carbocycles. The molecular weight excluding hydrogens is 114 g/mol. The topological polar surface area (TPSA) is 48.8 Å². The Morgan fingerprint density at radius 3 is 2.00 bits per heavy atom. The Hall–Kier alpha value is -0.690. The number of rotatable bonds is 1. The first-order valence-electron chi connectivity index (χ1n) is 3.08. The van der Waals surface area contributed by atoms with Crippen molar-refractivity contribution in [2.24, 2.45) is 10.5 Å². The summed E-state index contributed by atoms with van der Waals surface area (Å²) in [6.07, 6.45) is 1.02. The first kappa shape index (κ1) is 6.43. The fraction of sp³-hybridized carbons (Fsp3) is 1.00. The van der Waals surface area contributed by atoms with Crippen molar-refractivity contribution in [2.75, 3.05) is 0 Å². The molecular formula is C6H11N3. The van der Waals surface area contributed by atoms with E-state index in [-0.39, 0.29) is 11.0 Å². The van der Waals surface area contributed by atoms with Crippen LogP contribution in [0.1, 0.15) is 27.2 Å². The van der Waals surface area contributed by atoms with Crippen LogP contribution in [0.15, 0.2) is 5.11 Å². The molecule has 0 N–H and O–H groups in total. The van der Waals surface area contributed by atoms with Crippen LogP contribution in [-0.4, -0.2) is 5.54 Å². The normalized spacial score (nSPS) is 37.2. The van der Waals surface area contributed by atoms with Crippen molar-refractivity contribution in [3.63, 3.8) is 0 Å². The van der Waals surface area contributed by atoms with Crippen molar-refractivity contribution in [3.05, 3.63) is 10.4 Å². The molecule has 3 nitrogen and oxygen atoms in total. The highest BCUT2D eigenvalue weighted by atomic mass is 15.2. The Morgan fingerprint density at radius 2 is 1.89 bits per heavy atom. The van der Waals surface area contributed by atoms with E-state index in [2.05, 4.69) is 23.9 Å². The van der Waals surface area contributed by atoms with Crippen LogP contribution in [0.3, 0.4) is 0 Å². The van der Waals surface area contributed by atoms with Crippen molar-refractivity contribution in [2.45, 2.75) is 32.7 Å². The van der Waals surface area contributed by atoms with E-state index in [0.29, 0.717) is 0 Å². The monoisotopic (exact) mass is 125 g/mol. The molecule has 1 aliphatic carbocycles. The quantitative estimate of drug-likeness (QED) is 0.293. The van der Waals surface area contributed by atoms with E-state index in [0.717, 1.165) is 6.42 Å². The Bertz CT molecular complexity index is 179. The maximum absolute atomic E-state index is 8.13. The first-order valence-corrected chi connectivity index (χ1v) is 3.08. The minimum Gasteiger partial charge on any atom is -0.0870 e. The van der Waals surface area contributed by atoms with Gasteiger partial charge in [-0.3, -0.25) is 0 Å². The Balaban J connectivity index is 2.73. The zero-order chi connectivity index (χ0) is 7.12. The van der Waals surface area contributed by atoms with E-state index in [1.54, 1.807) is 0 Å². The summed E-state index contributed by atoms with van der Waals surface area (Å²) in [7, 11) is 0. The van der Waals surface area contributed by atoms with Crippen molar-refractivity contribution in [1.29, 1.82) is 0 Å². The van der Waals surface area contributed by atoms with Crippen LogP contribution in [0.25, 0.3) is 10.4 Å². The molecule has 0 aliphatic heterocycles. The lowest BCUT2D eigenvalue weighted by Crippen LogP contribution is -2.05.